The fraction of sp³-hybridized carbons (Fsp3) is 0.500. The molecule has 0 spiro atoms. The van der Waals surface area contributed by atoms with Crippen LogP contribution in [0.15, 0.2) is 29.1 Å². The van der Waals surface area contributed by atoms with Crippen LogP contribution < -0.4 is 5.56 Å². The number of hydrogen-bond acceptors (Lipinski definition) is 5. The predicted molar refractivity (Wildman–Crippen MR) is 75.2 cm³/mol. The molecule has 0 unspecified atom stereocenters. The minimum atomic E-state index is -0.142. The molecular weight excluding hydrogens is 256 g/mol. The second-order valence-electron chi connectivity index (χ2n) is 5.58. The second-order valence-corrected chi connectivity index (χ2v) is 5.58. The Balaban J connectivity index is 1.74. The highest BCUT2D eigenvalue weighted by molar-refractivity contribution is 5.76. The van der Waals surface area contributed by atoms with E-state index < -0.39 is 0 Å². The van der Waals surface area contributed by atoms with Crippen LogP contribution in [0.2, 0.25) is 0 Å². The number of aromatic nitrogens is 3. The zero-order valence-corrected chi connectivity index (χ0v) is 11.4. The Bertz CT molecular complexity index is 664. The van der Waals surface area contributed by atoms with Gasteiger partial charge in [0.25, 0.3) is 5.56 Å². The Morgan fingerprint density at radius 2 is 2.15 bits per heavy atom. The molecule has 0 amide bonds. The second kappa shape index (κ2) is 5.30. The van der Waals surface area contributed by atoms with Gasteiger partial charge in [-0.15, -0.1) is 5.10 Å². The molecule has 1 N–H and O–H groups in total. The maximum atomic E-state index is 12.3. The van der Waals surface area contributed by atoms with E-state index in [1.165, 1.54) is 4.68 Å². The van der Waals surface area contributed by atoms with Crippen molar-refractivity contribution in [2.75, 3.05) is 13.6 Å². The van der Waals surface area contributed by atoms with Crippen LogP contribution in [0.3, 0.4) is 0 Å². The molecule has 1 aromatic heterocycles. The van der Waals surface area contributed by atoms with Crippen LogP contribution in [0.4, 0.5) is 0 Å². The summed E-state index contributed by atoms with van der Waals surface area (Å²) in [6.07, 6.45) is 1.56. The molecular formula is C14H18N4O2. The van der Waals surface area contributed by atoms with Crippen molar-refractivity contribution in [3.05, 3.63) is 34.6 Å². The number of benzene rings is 1. The van der Waals surface area contributed by atoms with Gasteiger partial charge in [0.2, 0.25) is 0 Å². The number of rotatable bonds is 4. The van der Waals surface area contributed by atoms with Crippen LogP contribution >= 0.6 is 0 Å². The van der Waals surface area contributed by atoms with E-state index in [-0.39, 0.29) is 11.7 Å². The van der Waals surface area contributed by atoms with Crippen molar-refractivity contribution in [1.82, 2.24) is 19.9 Å². The third kappa shape index (κ3) is 2.57. The van der Waals surface area contributed by atoms with E-state index in [9.17, 15) is 9.90 Å². The molecule has 1 aliphatic carbocycles. The monoisotopic (exact) mass is 274 g/mol. The summed E-state index contributed by atoms with van der Waals surface area (Å²) in [6, 6.07) is 7.22. The summed E-state index contributed by atoms with van der Waals surface area (Å²) in [6.45, 7) is 1.28. The average molecular weight is 274 g/mol. The highest BCUT2D eigenvalue weighted by Gasteiger charge is 2.27. The molecule has 0 bridgehead atoms. The molecule has 1 aromatic carbocycles. The number of aliphatic hydroxyl groups excluding tert-OH is 1. The number of hydrogen-bond donors (Lipinski definition) is 1. The van der Waals surface area contributed by atoms with Crippen molar-refractivity contribution in [2.24, 2.45) is 5.92 Å². The van der Waals surface area contributed by atoms with Gasteiger partial charge in [-0.05, 0) is 37.9 Å². The average Bonchev–Trinajstić information content (AvgIpc) is 2.41. The fourth-order valence-electron chi connectivity index (χ4n) is 2.69. The van der Waals surface area contributed by atoms with Crippen molar-refractivity contribution in [3.8, 4) is 0 Å². The zero-order chi connectivity index (χ0) is 14.1. The van der Waals surface area contributed by atoms with Gasteiger partial charge in [0.1, 0.15) is 5.52 Å². The van der Waals surface area contributed by atoms with Gasteiger partial charge < -0.3 is 5.11 Å². The Morgan fingerprint density at radius 1 is 1.40 bits per heavy atom. The lowest BCUT2D eigenvalue weighted by Crippen LogP contribution is -2.39. The normalized spacial score (nSPS) is 22.1. The van der Waals surface area contributed by atoms with Gasteiger partial charge in [-0.1, -0.05) is 17.3 Å². The minimum absolute atomic E-state index is 0.115. The first-order valence-corrected chi connectivity index (χ1v) is 6.82. The van der Waals surface area contributed by atoms with Gasteiger partial charge in [-0.25, -0.2) is 0 Å². The topological polar surface area (TPSA) is 71.2 Å². The lowest BCUT2D eigenvalue weighted by Gasteiger charge is -2.34. The summed E-state index contributed by atoms with van der Waals surface area (Å²) < 4.78 is 1.39. The van der Waals surface area contributed by atoms with Gasteiger partial charge in [0, 0.05) is 6.54 Å². The van der Waals surface area contributed by atoms with Gasteiger partial charge in [-0.3, -0.25) is 9.69 Å². The molecule has 3 rings (SSSR count). The molecule has 1 heterocycles. The molecule has 1 aliphatic rings. The predicted octanol–water partition coefficient (Wildman–Crippen LogP) is 0.452. The van der Waals surface area contributed by atoms with E-state index in [0.717, 1.165) is 19.4 Å². The van der Waals surface area contributed by atoms with Crippen molar-refractivity contribution >= 4 is 10.9 Å². The smallest absolute Gasteiger partial charge is 0.278 e. The zero-order valence-electron chi connectivity index (χ0n) is 11.4. The Labute approximate surface area is 116 Å². The van der Waals surface area contributed by atoms with Gasteiger partial charge in [0.05, 0.1) is 18.2 Å². The van der Waals surface area contributed by atoms with Crippen LogP contribution in [-0.2, 0) is 6.67 Å². The molecule has 1 saturated carbocycles. The van der Waals surface area contributed by atoms with E-state index in [1.54, 1.807) is 12.1 Å². The third-order valence-corrected chi connectivity index (χ3v) is 3.79. The first-order chi connectivity index (χ1) is 9.63. The van der Waals surface area contributed by atoms with E-state index >= 15 is 0 Å². The van der Waals surface area contributed by atoms with Crippen LogP contribution in [0.5, 0.6) is 0 Å². The van der Waals surface area contributed by atoms with Crippen LogP contribution in [0.25, 0.3) is 10.9 Å². The van der Waals surface area contributed by atoms with Crippen molar-refractivity contribution in [3.63, 3.8) is 0 Å². The highest BCUT2D eigenvalue weighted by atomic mass is 16.3. The summed E-state index contributed by atoms with van der Waals surface area (Å²) in [5.41, 5.74) is 0.509. The first kappa shape index (κ1) is 13.2. The van der Waals surface area contributed by atoms with Crippen LogP contribution in [0, 0.1) is 5.92 Å². The van der Waals surface area contributed by atoms with Gasteiger partial charge >= 0.3 is 0 Å². The summed E-state index contributed by atoms with van der Waals surface area (Å²) in [7, 11) is 1.95. The fourth-order valence-corrected chi connectivity index (χ4v) is 2.69. The molecule has 0 radical (unpaired) electrons. The Kier molecular flexibility index (Phi) is 3.50. The highest BCUT2D eigenvalue weighted by Crippen LogP contribution is 2.27. The molecule has 0 atom stereocenters. The number of aliphatic hydroxyl groups is 1. The Hall–Kier alpha value is -1.79. The number of nitrogens with zero attached hydrogens (tertiary/aromatic N) is 4. The van der Waals surface area contributed by atoms with E-state index in [0.29, 0.717) is 23.5 Å². The standard InChI is InChI=1S/C14H18N4O2/c1-17(8-10-6-11(19)7-10)9-18-14(20)12-4-2-3-5-13(12)15-16-18/h2-5,10-11,19H,6-9H2,1H3. The van der Waals surface area contributed by atoms with Crippen LogP contribution in [-0.4, -0.2) is 44.7 Å². The third-order valence-electron chi connectivity index (χ3n) is 3.79. The minimum Gasteiger partial charge on any atom is -0.393 e. The SMILES string of the molecule is CN(CC1CC(O)C1)Cn1nnc2ccccc2c1=O. The van der Waals surface area contributed by atoms with Crippen LogP contribution in [0.1, 0.15) is 12.8 Å². The van der Waals surface area contributed by atoms with Crippen molar-refractivity contribution < 1.29 is 5.11 Å². The van der Waals surface area contributed by atoms with Gasteiger partial charge in [0.15, 0.2) is 0 Å². The lowest BCUT2D eigenvalue weighted by atomic mass is 9.82. The largest absolute Gasteiger partial charge is 0.393 e. The first-order valence-electron chi connectivity index (χ1n) is 6.82. The molecule has 6 nitrogen and oxygen atoms in total. The van der Waals surface area contributed by atoms with Crippen molar-refractivity contribution in [1.29, 1.82) is 0 Å². The summed E-state index contributed by atoms with van der Waals surface area (Å²) in [4.78, 5) is 14.3. The molecule has 20 heavy (non-hydrogen) atoms. The summed E-state index contributed by atoms with van der Waals surface area (Å²) >= 11 is 0. The van der Waals surface area contributed by atoms with E-state index in [1.807, 2.05) is 24.1 Å². The molecule has 6 heteroatoms. The lowest BCUT2D eigenvalue weighted by molar-refractivity contribution is 0.0231. The summed E-state index contributed by atoms with van der Waals surface area (Å²) in [5.74, 6) is 0.513. The molecule has 0 saturated heterocycles. The number of fused-ring (bicyclic) bond motifs is 1. The summed E-state index contributed by atoms with van der Waals surface area (Å²) in [5, 5.41) is 17.9. The maximum Gasteiger partial charge on any atom is 0.278 e. The molecule has 2 aromatic rings. The van der Waals surface area contributed by atoms with E-state index in [2.05, 4.69) is 10.3 Å². The van der Waals surface area contributed by atoms with Gasteiger partial charge in [-0.2, -0.15) is 4.68 Å². The molecule has 106 valence electrons. The molecule has 1 fully saturated rings. The molecule has 0 aliphatic heterocycles. The van der Waals surface area contributed by atoms with E-state index in [4.69, 9.17) is 0 Å². The Morgan fingerprint density at radius 3 is 2.90 bits per heavy atom. The van der Waals surface area contributed by atoms with Crippen molar-refractivity contribution in [2.45, 2.75) is 25.6 Å². The quantitative estimate of drug-likeness (QED) is 0.876. The maximum absolute atomic E-state index is 12.3.